The van der Waals surface area contributed by atoms with Gasteiger partial charge in [0.25, 0.3) is 0 Å². The summed E-state index contributed by atoms with van der Waals surface area (Å²) in [5.74, 6) is 0. The van der Waals surface area contributed by atoms with E-state index in [1.54, 1.807) is 0 Å². The fraction of sp³-hybridized carbons (Fsp3) is 0.111. The van der Waals surface area contributed by atoms with Crippen LogP contribution >= 0.6 is 0 Å². The lowest BCUT2D eigenvalue weighted by atomic mass is 9.90. The van der Waals surface area contributed by atoms with Gasteiger partial charge in [-0.2, -0.15) is 0 Å². The topological polar surface area (TPSA) is 25.2 Å². The van der Waals surface area contributed by atoms with Gasteiger partial charge < -0.3 is 9.73 Å². The lowest BCUT2D eigenvalue weighted by molar-refractivity contribution is 0.670. The van der Waals surface area contributed by atoms with Crippen LogP contribution in [0.3, 0.4) is 0 Å². The second-order valence-corrected chi connectivity index (χ2v) is 10.1. The molecule has 0 amide bonds. The van der Waals surface area contributed by atoms with E-state index >= 15 is 0 Å². The standard InChI is InChI=1S/C36H29NO/c1-2-12-29(13-3-1)37-34-18-6-4-14-30(34)28-11-8-10-27(24-28)25-20-22-26(23-21-25)31-16-9-17-33-32-15-5-7-19-35(32)38-36(31)33/h2,4-17,19-24,34,37H,1,3,18H2. The predicted molar refractivity (Wildman–Crippen MR) is 160 cm³/mol. The van der Waals surface area contributed by atoms with Crippen molar-refractivity contribution in [3.8, 4) is 22.3 Å². The van der Waals surface area contributed by atoms with Crippen LogP contribution in [0.15, 0.2) is 138 Å². The first-order valence-electron chi connectivity index (χ1n) is 13.4. The van der Waals surface area contributed by atoms with Crippen LogP contribution in [0.1, 0.15) is 24.8 Å². The second-order valence-electron chi connectivity index (χ2n) is 10.1. The van der Waals surface area contributed by atoms with Crippen molar-refractivity contribution in [2.24, 2.45) is 0 Å². The van der Waals surface area contributed by atoms with Gasteiger partial charge in [0, 0.05) is 22.0 Å². The van der Waals surface area contributed by atoms with Crippen LogP contribution < -0.4 is 5.32 Å². The Hall–Kier alpha value is -4.56. The Bertz CT molecular complexity index is 1760. The van der Waals surface area contributed by atoms with Gasteiger partial charge >= 0.3 is 0 Å². The second kappa shape index (κ2) is 9.72. The molecule has 0 saturated carbocycles. The fourth-order valence-electron chi connectivity index (χ4n) is 5.68. The van der Waals surface area contributed by atoms with E-state index in [0.717, 1.165) is 52.3 Å². The number of furan rings is 1. The van der Waals surface area contributed by atoms with Gasteiger partial charge in [-0.15, -0.1) is 0 Å². The number of para-hydroxylation sites is 2. The average molecular weight is 492 g/mol. The number of rotatable bonds is 5. The summed E-state index contributed by atoms with van der Waals surface area (Å²) in [6, 6.07) is 32.7. The third-order valence-electron chi connectivity index (χ3n) is 7.62. The molecule has 0 saturated heterocycles. The number of fused-ring (bicyclic) bond motifs is 3. The minimum atomic E-state index is 0.274. The molecular weight excluding hydrogens is 462 g/mol. The Morgan fingerprint density at radius 1 is 0.684 bits per heavy atom. The molecular formula is C36H29NO. The van der Waals surface area contributed by atoms with E-state index in [1.165, 1.54) is 28.0 Å². The van der Waals surface area contributed by atoms with Crippen molar-refractivity contribution in [2.45, 2.75) is 25.3 Å². The highest BCUT2D eigenvalue weighted by Gasteiger charge is 2.18. The molecule has 1 atom stereocenters. The van der Waals surface area contributed by atoms with Crippen molar-refractivity contribution in [1.29, 1.82) is 0 Å². The molecule has 1 unspecified atom stereocenters. The van der Waals surface area contributed by atoms with Crippen LogP contribution in [0, 0.1) is 0 Å². The zero-order chi connectivity index (χ0) is 25.3. The zero-order valence-electron chi connectivity index (χ0n) is 21.2. The van der Waals surface area contributed by atoms with Gasteiger partial charge in [0.1, 0.15) is 11.2 Å². The smallest absolute Gasteiger partial charge is 0.143 e. The lowest BCUT2D eigenvalue weighted by Gasteiger charge is -2.26. The summed E-state index contributed by atoms with van der Waals surface area (Å²) < 4.78 is 6.27. The van der Waals surface area contributed by atoms with Crippen LogP contribution in [-0.2, 0) is 0 Å². The minimum Gasteiger partial charge on any atom is -0.455 e. The summed E-state index contributed by atoms with van der Waals surface area (Å²) >= 11 is 0. The molecule has 1 N–H and O–H groups in total. The van der Waals surface area contributed by atoms with Gasteiger partial charge in [-0.25, -0.2) is 0 Å². The maximum absolute atomic E-state index is 6.27. The molecule has 7 rings (SSSR count). The zero-order valence-corrected chi connectivity index (χ0v) is 21.2. The first-order chi connectivity index (χ1) is 18.8. The van der Waals surface area contributed by atoms with Crippen molar-refractivity contribution in [3.63, 3.8) is 0 Å². The van der Waals surface area contributed by atoms with Crippen molar-refractivity contribution < 1.29 is 4.42 Å². The summed E-state index contributed by atoms with van der Waals surface area (Å²) in [5, 5.41) is 6.08. The molecule has 0 fully saturated rings. The summed E-state index contributed by atoms with van der Waals surface area (Å²) in [7, 11) is 0. The molecule has 2 nitrogen and oxygen atoms in total. The molecule has 0 bridgehead atoms. The Balaban J connectivity index is 1.19. The first-order valence-corrected chi connectivity index (χ1v) is 13.4. The summed E-state index contributed by atoms with van der Waals surface area (Å²) in [5.41, 5.74) is 10.4. The maximum atomic E-state index is 6.27. The number of benzene rings is 4. The van der Waals surface area contributed by atoms with Crippen molar-refractivity contribution in [1.82, 2.24) is 5.32 Å². The molecule has 1 heterocycles. The molecule has 0 aliphatic heterocycles. The highest BCUT2D eigenvalue weighted by Crippen LogP contribution is 2.36. The van der Waals surface area contributed by atoms with Crippen LogP contribution in [0.2, 0.25) is 0 Å². The maximum Gasteiger partial charge on any atom is 0.143 e. The van der Waals surface area contributed by atoms with E-state index in [4.69, 9.17) is 4.42 Å². The monoisotopic (exact) mass is 491 g/mol. The minimum absolute atomic E-state index is 0.274. The summed E-state index contributed by atoms with van der Waals surface area (Å²) in [4.78, 5) is 0. The van der Waals surface area contributed by atoms with Gasteiger partial charge in [-0.05, 0) is 65.3 Å². The number of hydrogen-bond acceptors (Lipinski definition) is 2. The molecule has 2 heteroatoms. The van der Waals surface area contributed by atoms with Crippen LogP contribution in [-0.4, -0.2) is 6.04 Å². The molecule has 2 aliphatic rings. The molecule has 2 aliphatic carbocycles. The quantitative estimate of drug-likeness (QED) is 0.265. The third kappa shape index (κ3) is 4.18. The van der Waals surface area contributed by atoms with Crippen LogP contribution in [0.25, 0.3) is 49.8 Å². The molecule has 0 radical (unpaired) electrons. The molecule has 1 aromatic heterocycles. The van der Waals surface area contributed by atoms with Gasteiger partial charge in [-0.1, -0.05) is 109 Å². The fourth-order valence-corrected chi connectivity index (χ4v) is 5.68. The molecule has 38 heavy (non-hydrogen) atoms. The summed E-state index contributed by atoms with van der Waals surface area (Å²) in [6.45, 7) is 0. The summed E-state index contributed by atoms with van der Waals surface area (Å²) in [6.07, 6.45) is 16.7. The molecule has 184 valence electrons. The number of nitrogens with one attached hydrogen (secondary N) is 1. The van der Waals surface area contributed by atoms with Crippen LogP contribution in [0.4, 0.5) is 0 Å². The van der Waals surface area contributed by atoms with Crippen molar-refractivity contribution >= 4 is 27.5 Å². The Morgan fingerprint density at radius 3 is 2.39 bits per heavy atom. The van der Waals surface area contributed by atoms with Crippen molar-refractivity contribution in [2.75, 3.05) is 0 Å². The van der Waals surface area contributed by atoms with E-state index in [9.17, 15) is 0 Å². The number of hydrogen-bond donors (Lipinski definition) is 1. The highest BCUT2D eigenvalue weighted by atomic mass is 16.3. The Kier molecular flexibility index (Phi) is 5.79. The van der Waals surface area contributed by atoms with E-state index in [2.05, 4.69) is 121 Å². The van der Waals surface area contributed by atoms with E-state index in [-0.39, 0.29) is 6.04 Å². The van der Waals surface area contributed by atoms with E-state index in [0.29, 0.717) is 0 Å². The normalized spacial score (nSPS) is 17.0. The predicted octanol–water partition coefficient (Wildman–Crippen LogP) is 9.46. The highest BCUT2D eigenvalue weighted by molar-refractivity contribution is 6.09. The Labute approximate surface area is 223 Å². The lowest BCUT2D eigenvalue weighted by Crippen LogP contribution is -2.30. The van der Waals surface area contributed by atoms with E-state index in [1.807, 2.05) is 12.1 Å². The van der Waals surface area contributed by atoms with Gasteiger partial charge in [-0.3, -0.25) is 0 Å². The van der Waals surface area contributed by atoms with E-state index < -0.39 is 0 Å². The molecule has 0 spiro atoms. The molecule has 5 aromatic rings. The van der Waals surface area contributed by atoms with Gasteiger partial charge in [0.15, 0.2) is 0 Å². The number of allylic oxidation sites excluding steroid dienone is 5. The Morgan fingerprint density at radius 2 is 1.50 bits per heavy atom. The van der Waals surface area contributed by atoms with Crippen molar-refractivity contribution in [3.05, 3.63) is 139 Å². The van der Waals surface area contributed by atoms with Gasteiger partial charge in [0.2, 0.25) is 0 Å². The van der Waals surface area contributed by atoms with Crippen LogP contribution in [0.5, 0.6) is 0 Å². The first kappa shape index (κ1) is 22.6. The third-order valence-corrected chi connectivity index (χ3v) is 7.62. The van der Waals surface area contributed by atoms with Gasteiger partial charge in [0.05, 0.1) is 6.04 Å². The average Bonchev–Trinajstić information content (AvgIpc) is 3.37. The largest absolute Gasteiger partial charge is 0.455 e. The molecule has 4 aromatic carbocycles. The SMILES string of the molecule is C1=CCC(NC2=CCCC=C2)C(c2cccc(-c3ccc(-c4cccc5c4oc4ccccc45)cc3)c2)=C1.